The SMILES string of the molecule is COc1ccc(/C=C(/Cl)C(N)=O)cc1. The molecule has 0 radical (unpaired) electrons. The number of rotatable bonds is 3. The Morgan fingerprint density at radius 3 is 2.43 bits per heavy atom. The fourth-order valence-electron chi connectivity index (χ4n) is 0.918. The number of nitrogens with two attached hydrogens (primary N) is 1. The molecule has 3 nitrogen and oxygen atoms in total. The van der Waals surface area contributed by atoms with Gasteiger partial charge in [-0.2, -0.15) is 0 Å². The second-order valence-corrected chi connectivity index (χ2v) is 3.04. The predicted molar refractivity (Wildman–Crippen MR) is 56.0 cm³/mol. The first-order chi connectivity index (χ1) is 6.63. The van der Waals surface area contributed by atoms with Crippen molar-refractivity contribution in [2.45, 2.75) is 0 Å². The van der Waals surface area contributed by atoms with E-state index >= 15 is 0 Å². The minimum Gasteiger partial charge on any atom is -0.497 e. The zero-order chi connectivity index (χ0) is 10.6. The molecule has 0 heterocycles. The van der Waals surface area contributed by atoms with Crippen molar-refractivity contribution in [3.05, 3.63) is 34.9 Å². The van der Waals surface area contributed by atoms with Crippen molar-refractivity contribution in [1.29, 1.82) is 0 Å². The van der Waals surface area contributed by atoms with E-state index in [9.17, 15) is 4.79 Å². The average Bonchev–Trinajstić information content (AvgIpc) is 2.19. The number of ether oxygens (including phenoxy) is 1. The number of hydrogen-bond acceptors (Lipinski definition) is 2. The maximum absolute atomic E-state index is 10.6. The van der Waals surface area contributed by atoms with Crippen molar-refractivity contribution in [3.63, 3.8) is 0 Å². The molecule has 14 heavy (non-hydrogen) atoms. The Hall–Kier alpha value is -1.48. The van der Waals surface area contributed by atoms with Gasteiger partial charge in [-0.25, -0.2) is 0 Å². The lowest BCUT2D eigenvalue weighted by Gasteiger charge is -1.99. The highest BCUT2D eigenvalue weighted by molar-refractivity contribution is 6.43. The largest absolute Gasteiger partial charge is 0.497 e. The lowest BCUT2D eigenvalue weighted by atomic mass is 10.2. The molecule has 1 amide bonds. The Morgan fingerprint density at radius 2 is 2.00 bits per heavy atom. The van der Waals surface area contributed by atoms with Crippen molar-refractivity contribution in [1.82, 2.24) is 0 Å². The Labute approximate surface area is 87.1 Å². The van der Waals surface area contributed by atoms with Crippen LogP contribution in [0, 0.1) is 0 Å². The number of carbonyl (C=O) groups is 1. The van der Waals surface area contributed by atoms with Crippen molar-refractivity contribution in [2.24, 2.45) is 5.73 Å². The van der Waals surface area contributed by atoms with Crippen LogP contribution in [0.3, 0.4) is 0 Å². The van der Waals surface area contributed by atoms with Gasteiger partial charge in [-0.15, -0.1) is 0 Å². The van der Waals surface area contributed by atoms with Gasteiger partial charge in [0, 0.05) is 0 Å². The topological polar surface area (TPSA) is 52.3 Å². The normalized spacial score (nSPS) is 11.1. The summed E-state index contributed by atoms with van der Waals surface area (Å²) in [6.45, 7) is 0. The van der Waals surface area contributed by atoms with E-state index in [1.165, 1.54) is 6.08 Å². The summed E-state index contributed by atoms with van der Waals surface area (Å²) in [6.07, 6.45) is 1.50. The Kier molecular flexibility index (Phi) is 3.54. The molecule has 0 atom stereocenters. The van der Waals surface area contributed by atoms with Crippen molar-refractivity contribution in [2.75, 3.05) is 7.11 Å². The van der Waals surface area contributed by atoms with Crippen LogP contribution in [-0.2, 0) is 4.79 Å². The van der Waals surface area contributed by atoms with Crippen LogP contribution in [0.1, 0.15) is 5.56 Å². The van der Waals surface area contributed by atoms with Gasteiger partial charge in [0.05, 0.1) is 7.11 Å². The molecule has 0 aliphatic carbocycles. The first kappa shape index (κ1) is 10.6. The number of carbonyl (C=O) groups excluding carboxylic acids is 1. The van der Waals surface area contributed by atoms with Crippen molar-refractivity contribution < 1.29 is 9.53 Å². The molecule has 0 unspecified atom stereocenters. The zero-order valence-corrected chi connectivity index (χ0v) is 8.41. The van der Waals surface area contributed by atoms with Crippen LogP contribution in [0.25, 0.3) is 6.08 Å². The summed E-state index contributed by atoms with van der Waals surface area (Å²) in [7, 11) is 1.58. The standard InChI is InChI=1S/C10H10ClNO2/c1-14-8-4-2-7(3-5-8)6-9(11)10(12)13/h2-6H,1H3,(H2,12,13)/b9-6+. The van der Waals surface area contributed by atoms with E-state index in [-0.39, 0.29) is 5.03 Å². The van der Waals surface area contributed by atoms with Crippen molar-refractivity contribution in [3.8, 4) is 5.75 Å². The molecule has 74 valence electrons. The quantitative estimate of drug-likeness (QED) is 0.775. The van der Waals surface area contributed by atoms with Gasteiger partial charge in [-0.3, -0.25) is 4.79 Å². The van der Waals surface area contributed by atoms with E-state index in [2.05, 4.69) is 0 Å². The first-order valence-corrected chi connectivity index (χ1v) is 4.32. The Morgan fingerprint density at radius 1 is 1.43 bits per heavy atom. The van der Waals surface area contributed by atoms with Crippen LogP contribution in [-0.4, -0.2) is 13.0 Å². The van der Waals surface area contributed by atoms with Gasteiger partial charge in [0.15, 0.2) is 0 Å². The van der Waals surface area contributed by atoms with Gasteiger partial charge in [0.2, 0.25) is 0 Å². The van der Waals surface area contributed by atoms with E-state index in [1.54, 1.807) is 31.4 Å². The summed E-state index contributed by atoms with van der Waals surface area (Å²) in [5, 5.41) is 0.00941. The van der Waals surface area contributed by atoms with E-state index < -0.39 is 5.91 Å². The highest BCUT2D eigenvalue weighted by atomic mass is 35.5. The molecule has 1 aromatic carbocycles. The van der Waals surface area contributed by atoms with E-state index in [1.807, 2.05) is 0 Å². The summed E-state index contributed by atoms with van der Waals surface area (Å²) >= 11 is 5.58. The molecule has 0 saturated carbocycles. The van der Waals surface area contributed by atoms with Crippen LogP contribution in [0.5, 0.6) is 5.75 Å². The van der Waals surface area contributed by atoms with Crippen LogP contribution in [0.2, 0.25) is 0 Å². The monoisotopic (exact) mass is 211 g/mol. The number of halogens is 1. The fourth-order valence-corrected chi connectivity index (χ4v) is 1.04. The minimum atomic E-state index is -0.637. The highest BCUT2D eigenvalue weighted by Gasteiger charge is 1.99. The number of primary amides is 1. The molecule has 4 heteroatoms. The smallest absolute Gasteiger partial charge is 0.260 e. The molecule has 0 bridgehead atoms. The molecule has 0 saturated heterocycles. The molecule has 0 aliphatic rings. The van der Waals surface area contributed by atoms with Gasteiger partial charge >= 0.3 is 0 Å². The lowest BCUT2D eigenvalue weighted by molar-refractivity contribution is -0.113. The molecule has 0 aromatic heterocycles. The Balaban J connectivity index is 2.88. The lowest BCUT2D eigenvalue weighted by Crippen LogP contribution is -2.09. The molecular weight excluding hydrogens is 202 g/mol. The maximum atomic E-state index is 10.6. The molecule has 1 aromatic rings. The van der Waals surface area contributed by atoms with Gasteiger partial charge in [-0.05, 0) is 23.8 Å². The van der Waals surface area contributed by atoms with E-state index in [4.69, 9.17) is 22.1 Å². The molecule has 0 spiro atoms. The second-order valence-electron chi connectivity index (χ2n) is 2.63. The number of benzene rings is 1. The third-order valence-electron chi connectivity index (χ3n) is 1.64. The third kappa shape index (κ3) is 2.78. The molecule has 0 aliphatic heterocycles. The van der Waals surface area contributed by atoms with Crippen LogP contribution < -0.4 is 10.5 Å². The predicted octanol–water partition coefficient (Wildman–Crippen LogP) is 1.76. The third-order valence-corrected chi connectivity index (χ3v) is 1.94. The number of amides is 1. The van der Waals surface area contributed by atoms with E-state index in [0.717, 1.165) is 11.3 Å². The summed E-state index contributed by atoms with van der Waals surface area (Å²) in [6, 6.07) is 7.11. The van der Waals surface area contributed by atoms with E-state index in [0.29, 0.717) is 0 Å². The second kappa shape index (κ2) is 4.67. The average molecular weight is 212 g/mol. The highest BCUT2D eigenvalue weighted by Crippen LogP contribution is 2.14. The molecule has 2 N–H and O–H groups in total. The summed E-state index contributed by atoms with van der Waals surface area (Å²) in [5.74, 6) is 0.111. The molecule has 0 fully saturated rings. The summed E-state index contributed by atoms with van der Waals surface area (Å²) in [4.78, 5) is 10.6. The van der Waals surface area contributed by atoms with Crippen LogP contribution in [0.4, 0.5) is 0 Å². The zero-order valence-electron chi connectivity index (χ0n) is 7.66. The Bertz CT molecular complexity index is 357. The van der Waals surface area contributed by atoms with Crippen LogP contribution in [0.15, 0.2) is 29.3 Å². The maximum Gasteiger partial charge on any atom is 0.260 e. The molecule has 1 rings (SSSR count). The van der Waals surface area contributed by atoms with Crippen molar-refractivity contribution >= 4 is 23.6 Å². The summed E-state index contributed by atoms with van der Waals surface area (Å²) < 4.78 is 4.98. The first-order valence-electron chi connectivity index (χ1n) is 3.94. The summed E-state index contributed by atoms with van der Waals surface area (Å²) in [5.41, 5.74) is 5.78. The van der Waals surface area contributed by atoms with Gasteiger partial charge in [0.1, 0.15) is 10.8 Å². The van der Waals surface area contributed by atoms with Gasteiger partial charge < -0.3 is 10.5 Å². The van der Waals surface area contributed by atoms with Gasteiger partial charge in [0.25, 0.3) is 5.91 Å². The fraction of sp³-hybridized carbons (Fsp3) is 0.100. The van der Waals surface area contributed by atoms with Crippen LogP contribution >= 0.6 is 11.6 Å². The number of methoxy groups -OCH3 is 1. The minimum absolute atomic E-state index is 0.00941. The van der Waals surface area contributed by atoms with Gasteiger partial charge in [-0.1, -0.05) is 23.7 Å². The molecular formula is C10H10ClNO2. The number of hydrogen-bond donors (Lipinski definition) is 1.